The highest BCUT2D eigenvalue weighted by Gasteiger charge is 2.55. The first-order valence-corrected chi connectivity index (χ1v) is 12.9. The lowest BCUT2D eigenvalue weighted by Gasteiger charge is -2.57. The van der Waals surface area contributed by atoms with Crippen molar-refractivity contribution in [3.8, 4) is 11.5 Å². The van der Waals surface area contributed by atoms with E-state index in [4.69, 9.17) is 4.74 Å². The number of aromatic hydroxyl groups is 2. The summed E-state index contributed by atoms with van der Waals surface area (Å²) in [7, 11) is 0. The highest BCUT2D eigenvalue weighted by Crippen LogP contribution is 2.62. The van der Waals surface area contributed by atoms with E-state index in [1.165, 1.54) is 24.3 Å². The van der Waals surface area contributed by atoms with Gasteiger partial charge in [-0.05, 0) is 91.9 Å². The number of fused-ring (bicyclic) bond motifs is 1. The number of carboxylic acids is 1. The number of aliphatic carboxylic acids is 1. The molecule has 36 heavy (non-hydrogen) atoms. The largest absolute Gasteiger partial charge is 0.504 e. The van der Waals surface area contributed by atoms with Crippen LogP contribution in [0.25, 0.3) is 6.08 Å². The maximum atomic E-state index is 12.3. The standard InChI is InChI=1S/C29H40O7/c1-19-11-14-29(3)22(27(34)35)5-4-6-25(29)28(19,2)15-12-21(13-16-30)18-36-26(33)10-8-20-7-9-23(31)24(32)17-20/h5,7-10,17,19,21,25,30-32H,4,6,11-16,18H2,1-3H3,(H,34,35)/t19-,21+,25-,28+,29+/m1/s1. The maximum absolute atomic E-state index is 12.3. The zero-order valence-electron chi connectivity index (χ0n) is 21.6. The van der Waals surface area contributed by atoms with Gasteiger partial charge in [0, 0.05) is 23.7 Å². The second kappa shape index (κ2) is 11.5. The van der Waals surface area contributed by atoms with Gasteiger partial charge in [-0.1, -0.05) is 32.9 Å². The third kappa shape index (κ3) is 5.94. The van der Waals surface area contributed by atoms with Gasteiger partial charge in [-0.15, -0.1) is 0 Å². The van der Waals surface area contributed by atoms with Crippen LogP contribution in [0.1, 0.15) is 71.3 Å². The number of aliphatic hydroxyl groups is 1. The predicted octanol–water partition coefficient (Wildman–Crippen LogP) is 5.30. The van der Waals surface area contributed by atoms with Crippen molar-refractivity contribution < 1.29 is 34.8 Å². The van der Waals surface area contributed by atoms with Crippen molar-refractivity contribution in [1.82, 2.24) is 0 Å². The summed E-state index contributed by atoms with van der Waals surface area (Å²) in [5.74, 6) is -1.10. The van der Waals surface area contributed by atoms with E-state index >= 15 is 0 Å². The van der Waals surface area contributed by atoms with Crippen molar-refractivity contribution in [3.05, 3.63) is 41.5 Å². The Hall–Kier alpha value is -2.80. The molecule has 3 rings (SSSR count). The molecule has 7 heteroatoms. The summed E-state index contributed by atoms with van der Waals surface area (Å²) in [5.41, 5.74) is 0.739. The summed E-state index contributed by atoms with van der Waals surface area (Å²) in [6.07, 6.45) is 10.5. The lowest BCUT2D eigenvalue weighted by Crippen LogP contribution is -2.51. The molecule has 0 spiro atoms. The van der Waals surface area contributed by atoms with Crippen LogP contribution in [-0.4, -0.2) is 45.6 Å². The zero-order chi connectivity index (χ0) is 26.5. The lowest BCUT2D eigenvalue weighted by atomic mass is 9.46. The average molecular weight is 501 g/mol. The molecule has 2 aliphatic rings. The van der Waals surface area contributed by atoms with Gasteiger partial charge in [0.05, 0.1) is 6.61 Å². The molecule has 1 aromatic carbocycles. The number of benzene rings is 1. The molecule has 1 aromatic rings. The summed E-state index contributed by atoms with van der Waals surface area (Å²) in [6, 6.07) is 4.27. The number of aliphatic hydroxyl groups excluding tert-OH is 1. The molecular weight excluding hydrogens is 460 g/mol. The number of hydrogen-bond donors (Lipinski definition) is 4. The SMILES string of the molecule is C[C@@H]1CC[C@@]2(C)C(C(=O)O)=CCC[C@@H]2[C@@]1(C)CC[C@@H](CCO)COC(=O)C=Cc1ccc(O)c(O)c1. The minimum absolute atomic E-state index is 0.000325. The number of carbonyl (C=O) groups is 2. The van der Waals surface area contributed by atoms with Gasteiger partial charge in [0.25, 0.3) is 0 Å². The first kappa shape index (κ1) is 27.8. The molecule has 0 bridgehead atoms. The molecule has 0 heterocycles. The van der Waals surface area contributed by atoms with Crippen molar-refractivity contribution in [1.29, 1.82) is 0 Å². The van der Waals surface area contributed by atoms with Crippen LogP contribution in [0.4, 0.5) is 0 Å². The molecule has 4 N–H and O–H groups in total. The van der Waals surface area contributed by atoms with E-state index in [1.807, 2.05) is 6.08 Å². The fourth-order valence-corrected chi connectivity index (χ4v) is 6.51. The molecule has 2 aliphatic carbocycles. The molecular formula is C29H40O7. The molecule has 7 nitrogen and oxygen atoms in total. The van der Waals surface area contributed by atoms with Gasteiger partial charge in [0.15, 0.2) is 11.5 Å². The first-order chi connectivity index (χ1) is 17.0. The van der Waals surface area contributed by atoms with Gasteiger partial charge in [-0.25, -0.2) is 9.59 Å². The number of phenolic OH excluding ortho intramolecular Hbond substituents is 2. The Balaban J connectivity index is 1.63. The number of carboxylic acid groups (broad SMARTS) is 1. The third-order valence-electron chi connectivity index (χ3n) is 8.94. The van der Waals surface area contributed by atoms with Gasteiger partial charge < -0.3 is 25.2 Å². The van der Waals surface area contributed by atoms with Crippen LogP contribution < -0.4 is 0 Å². The third-order valence-corrected chi connectivity index (χ3v) is 8.94. The summed E-state index contributed by atoms with van der Waals surface area (Å²) in [4.78, 5) is 24.3. The number of phenols is 2. The van der Waals surface area contributed by atoms with Crippen LogP contribution >= 0.6 is 0 Å². The molecule has 5 atom stereocenters. The molecule has 0 amide bonds. The van der Waals surface area contributed by atoms with Gasteiger partial charge in [-0.3, -0.25) is 0 Å². The monoisotopic (exact) mass is 500 g/mol. The highest BCUT2D eigenvalue weighted by atomic mass is 16.5. The molecule has 0 saturated heterocycles. The van der Waals surface area contributed by atoms with E-state index in [-0.39, 0.29) is 47.4 Å². The zero-order valence-corrected chi connectivity index (χ0v) is 21.6. The maximum Gasteiger partial charge on any atom is 0.331 e. The first-order valence-electron chi connectivity index (χ1n) is 12.9. The van der Waals surface area contributed by atoms with Crippen molar-refractivity contribution in [2.75, 3.05) is 13.2 Å². The normalized spacial score (nSPS) is 28.8. The summed E-state index contributed by atoms with van der Waals surface area (Å²) in [5, 5.41) is 38.4. The predicted molar refractivity (Wildman–Crippen MR) is 137 cm³/mol. The van der Waals surface area contributed by atoms with Crippen molar-refractivity contribution in [3.63, 3.8) is 0 Å². The Kier molecular flexibility index (Phi) is 8.88. The fourth-order valence-electron chi connectivity index (χ4n) is 6.51. The number of esters is 1. The van der Waals surface area contributed by atoms with Gasteiger partial charge >= 0.3 is 11.9 Å². The van der Waals surface area contributed by atoms with E-state index in [9.17, 15) is 30.0 Å². The number of hydrogen-bond acceptors (Lipinski definition) is 6. The second-order valence-electron chi connectivity index (χ2n) is 11.0. The smallest absolute Gasteiger partial charge is 0.331 e. The number of carbonyl (C=O) groups excluding carboxylic acids is 1. The van der Waals surface area contributed by atoms with Gasteiger partial charge in [0.1, 0.15) is 0 Å². The number of ether oxygens (including phenoxy) is 1. The van der Waals surface area contributed by atoms with E-state index in [1.54, 1.807) is 6.07 Å². The van der Waals surface area contributed by atoms with Crippen molar-refractivity contribution in [2.24, 2.45) is 28.6 Å². The Morgan fingerprint density at radius 3 is 2.58 bits per heavy atom. The Bertz CT molecular complexity index is 1010. The van der Waals surface area contributed by atoms with Gasteiger partial charge in [-0.2, -0.15) is 0 Å². The molecule has 1 saturated carbocycles. The van der Waals surface area contributed by atoms with Crippen LogP contribution in [0.15, 0.2) is 35.9 Å². The minimum Gasteiger partial charge on any atom is -0.504 e. The summed E-state index contributed by atoms with van der Waals surface area (Å²) in [6.45, 7) is 6.88. The Labute approximate surface area is 213 Å². The minimum atomic E-state index is -0.806. The van der Waals surface area contributed by atoms with Crippen LogP contribution in [0, 0.1) is 28.6 Å². The second-order valence-corrected chi connectivity index (χ2v) is 11.0. The topological polar surface area (TPSA) is 124 Å². The molecule has 0 unspecified atom stereocenters. The fraction of sp³-hybridized carbons (Fsp3) is 0.586. The highest BCUT2D eigenvalue weighted by molar-refractivity contribution is 5.88. The summed E-state index contributed by atoms with van der Waals surface area (Å²) >= 11 is 0. The van der Waals surface area contributed by atoms with Crippen LogP contribution in [0.3, 0.4) is 0 Å². The van der Waals surface area contributed by atoms with Crippen LogP contribution in [0.5, 0.6) is 11.5 Å². The molecule has 1 fully saturated rings. The van der Waals surface area contributed by atoms with E-state index in [2.05, 4.69) is 20.8 Å². The molecule has 0 radical (unpaired) electrons. The van der Waals surface area contributed by atoms with Crippen molar-refractivity contribution in [2.45, 2.75) is 65.7 Å². The van der Waals surface area contributed by atoms with Gasteiger partial charge in [0.2, 0.25) is 0 Å². The van der Waals surface area contributed by atoms with E-state index in [0.717, 1.165) is 38.5 Å². The van der Waals surface area contributed by atoms with E-state index in [0.29, 0.717) is 23.5 Å². The molecule has 0 aliphatic heterocycles. The quantitative estimate of drug-likeness (QED) is 0.195. The number of rotatable bonds is 10. The number of allylic oxidation sites excluding steroid dienone is 1. The van der Waals surface area contributed by atoms with E-state index < -0.39 is 11.9 Å². The Morgan fingerprint density at radius 2 is 1.92 bits per heavy atom. The average Bonchev–Trinajstić information content (AvgIpc) is 2.84. The molecule has 198 valence electrons. The lowest BCUT2D eigenvalue weighted by molar-refractivity contribution is -0.139. The van der Waals surface area contributed by atoms with Crippen LogP contribution in [-0.2, 0) is 14.3 Å². The van der Waals surface area contributed by atoms with Crippen LogP contribution in [0.2, 0.25) is 0 Å². The molecule has 0 aromatic heterocycles. The summed E-state index contributed by atoms with van der Waals surface area (Å²) < 4.78 is 5.47. The Morgan fingerprint density at radius 1 is 1.17 bits per heavy atom. The van der Waals surface area contributed by atoms with Crippen molar-refractivity contribution >= 4 is 18.0 Å².